The summed E-state index contributed by atoms with van der Waals surface area (Å²) in [6.07, 6.45) is -2.60. The molecule has 0 N–H and O–H groups in total. The van der Waals surface area contributed by atoms with Crippen molar-refractivity contribution in [2.75, 3.05) is 82.7 Å². The minimum atomic E-state index is -0.669. The van der Waals surface area contributed by atoms with Crippen molar-refractivity contribution in [3.05, 3.63) is 117 Å². The van der Waals surface area contributed by atoms with Gasteiger partial charge in [0.2, 0.25) is 25.1 Å². The lowest BCUT2D eigenvalue weighted by atomic mass is 9.94. The summed E-state index contributed by atoms with van der Waals surface area (Å²) in [5.74, 6) is 5.20. The summed E-state index contributed by atoms with van der Waals surface area (Å²) in [7, 11) is 9.44. The van der Waals surface area contributed by atoms with Gasteiger partial charge < -0.3 is 75.8 Å². The SMILES string of the molecule is COc1cc(C(OCc2ccc(COC(c3cc(OC)c(OC)c(OC)c3)c3cc4c(cc3C3OCCO3)OCO4)cc2)c2cc3c(cc2C2OCCO2)OCO3)cc(OC)c1OC. The van der Waals surface area contributed by atoms with Gasteiger partial charge in [-0.15, -0.1) is 0 Å². The highest BCUT2D eigenvalue weighted by molar-refractivity contribution is 5.59. The highest BCUT2D eigenvalue weighted by atomic mass is 16.7. The van der Waals surface area contributed by atoms with Crippen LogP contribution in [-0.2, 0) is 41.6 Å². The van der Waals surface area contributed by atoms with E-state index in [1.807, 2.05) is 72.8 Å². The Hall–Kier alpha value is -6.14. The van der Waals surface area contributed by atoms with Gasteiger partial charge in [0.15, 0.2) is 58.6 Å². The van der Waals surface area contributed by atoms with Gasteiger partial charge in [0, 0.05) is 11.1 Å². The molecule has 0 saturated carbocycles. The predicted molar refractivity (Wildman–Crippen MR) is 226 cm³/mol. The number of rotatable bonds is 18. The van der Waals surface area contributed by atoms with E-state index < -0.39 is 24.8 Å². The monoisotopic (exact) mass is 882 g/mol. The van der Waals surface area contributed by atoms with Gasteiger partial charge in [0.1, 0.15) is 12.2 Å². The first-order valence-corrected chi connectivity index (χ1v) is 20.7. The molecule has 5 aromatic carbocycles. The topological polar surface area (TPSA) is 148 Å². The summed E-state index contributed by atoms with van der Waals surface area (Å²) in [6.45, 7) is 2.45. The van der Waals surface area contributed by atoms with Gasteiger partial charge in [-0.25, -0.2) is 0 Å². The maximum Gasteiger partial charge on any atom is 0.231 e. The molecule has 338 valence electrons. The Labute approximate surface area is 370 Å². The van der Waals surface area contributed by atoms with Gasteiger partial charge in [0.25, 0.3) is 0 Å². The molecule has 4 aliphatic heterocycles. The molecule has 2 fully saturated rings. The quantitative estimate of drug-likeness (QED) is 0.0839. The van der Waals surface area contributed by atoms with E-state index in [2.05, 4.69) is 0 Å². The second-order valence-electron chi connectivity index (χ2n) is 14.9. The van der Waals surface area contributed by atoms with Crippen LogP contribution in [0.1, 0.15) is 69.3 Å². The van der Waals surface area contributed by atoms with Gasteiger partial charge >= 0.3 is 0 Å². The number of hydrogen-bond acceptors (Lipinski definition) is 16. The van der Waals surface area contributed by atoms with E-state index in [1.54, 1.807) is 42.7 Å². The number of fused-ring (bicyclic) bond motifs is 2. The number of benzene rings is 5. The Morgan fingerprint density at radius 3 is 1.08 bits per heavy atom. The van der Waals surface area contributed by atoms with E-state index in [0.29, 0.717) is 83.9 Å². The van der Waals surface area contributed by atoms with Crippen LogP contribution in [0.3, 0.4) is 0 Å². The van der Waals surface area contributed by atoms with E-state index in [4.69, 9.17) is 75.8 Å². The molecule has 9 rings (SSSR count). The summed E-state index contributed by atoms with van der Waals surface area (Å²) in [5, 5.41) is 0. The molecule has 0 bridgehead atoms. The van der Waals surface area contributed by atoms with Crippen LogP contribution >= 0.6 is 0 Å². The molecule has 4 heterocycles. The van der Waals surface area contributed by atoms with Crippen molar-refractivity contribution in [1.82, 2.24) is 0 Å². The van der Waals surface area contributed by atoms with Crippen LogP contribution in [0.2, 0.25) is 0 Å². The molecule has 2 saturated heterocycles. The van der Waals surface area contributed by atoms with Crippen LogP contribution in [0.25, 0.3) is 0 Å². The van der Waals surface area contributed by atoms with Gasteiger partial charge in [-0.3, -0.25) is 0 Å². The Balaban J connectivity index is 1.02. The highest BCUT2D eigenvalue weighted by Gasteiger charge is 2.34. The Morgan fingerprint density at radius 1 is 0.438 bits per heavy atom. The van der Waals surface area contributed by atoms with Gasteiger partial charge in [-0.05, 0) is 81.9 Å². The number of hydrogen-bond donors (Lipinski definition) is 0. The third-order valence-electron chi connectivity index (χ3n) is 11.3. The largest absolute Gasteiger partial charge is 0.493 e. The fourth-order valence-corrected chi connectivity index (χ4v) is 8.21. The molecule has 2 atom stereocenters. The third kappa shape index (κ3) is 8.59. The van der Waals surface area contributed by atoms with Crippen LogP contribution in [0.4, 0.5) is 0 Å². The molecule has 0 aliphatic carbocycles. The molecule has 16 heteroatoms. The lowest BCUT2D eigenvalue weighted by Gasteiger charge is -2.26. The molecule has 0 aromatic heterocycles. The molecule has 0 spiro atoms. The minimum absolute atomic E-state index is 0.0980. The minimum Gasteiger partial charge on any atom is -0.493 e. The first-order chi connectivity index (χ1) is 31.4. The molecule has 4 aliphatic rings. The second-order valence-corrected chi connectivity index (χ2v) is 14.9. The number of ether oxygens (including phenoxy) is 16. The summed E-state index contributed by atoms with van der Waals surface area (Å²) < 4.78 is 95.4. The average molecular weight is 883 g/mol. The molecule has 16 nitrogen and oxygen atoms in total. The van der Waals surface area contributed by atoms with Gasteiger partial charge in [-0.2, -0.15) is 0 Å². The number of methoxy groups -OCH3 is 6. The van der Waals surface area contributed by atoms with E-state index in [1.165, 1.54) is 0 Å². The smallest absolute Gasteiger partial charge is 0.231 e. The van der Waals surface area contributed by atoms with E-state index >= 15 is 0 Å². The highest BCUT2D eigenvalue weighted by Crippen LogP contribution is 2.49. The summed E-state index contributed by atoms with van der Waals surface area (Å²) >= 11 is 0. The zero-order valence-corrected chi connectivity index (χ0v) is 36.4. The van der Waals surface area contributed by atoms with Crippen LogP contribution in [0.15, 0.2) is 72.8 Å². The first kappa shape index (κ1) is 43.1. The lowest BCUT2D eigenvalue weighted by Crippen LogP contribution is -2.13. The maximum atomic E-state index is 6.88. The molecular weight excluding hydrogens is 833 g/mol. The van der Waals surface area contributed by atoms with E-state index in [0.717, 1.165) is 44.5 Å². The average Bonchev–Trinajstić information content (AvgIpc) is 4.20. The van der Waals surface area contributed by atoms with Crippen molar-refractivity contribution in [3.8, 4) is 57.5 Å². The van der Waals surface area contributed by atoms with Crippen molar-refractivity contribution in [2.24, 2.45) is 0 Å². The molecule has 2 unspecified atom stereocenters. The fourth-order valence-electron chi connectivity index (χ4n) is 8.21. The van der Waals surface area contributed by atoms with Gasteiger partial charge in [0.05, 0.1) is 82.3 Å². The fraction of sp³-hybridized carbons (Fsp3) is 0.375. The molecular formula is C48H50O16. The predicted octanol–water partition coefficient (Wildman–Crippen LogP) is 7.90. The zero-order valence-electron chi connectivity index (χ0n) is 36.4. The van der Waals surface area contributed by atoms with E-state index in [9.17, 15) is 0 Å². The zero-order chi connectivity index (χ0) is 44.2. The van der Waals surface area contributed by atoms with Crippen molar-refractivity contribution in [3.63, 3.8) is 0 Å². The normalized spacial score (nSPS) is 16.5. The van der Waals surface area contributed by atoms with E-state index in [-0.39, 0.29) is 26.8 Å². The van der Waals surface area contributed by atoms with Crippen LogP contribution in [-0.4, -0.2) is 82.7 Å². The maximum absolute atomic E-state index is 6.88. The molecule has 0 amide bonds. The summed E-state index contributed by atoms with van der Waals surface area (Å²) in [5.41, 5.74) is 6.35. The van der Waals surface area contributed by atoms with Crippen molar-refractivity contribution >= 4 is 0 Å². The Morgan fingerprint density at radius 2 is 0.766 bits per heavy atom. The summed E-state index contributed by atoms with van der Waals surface area (Å²) in [6, 6.07) is 23.1. The van der Waals surface area contributed by atoms with Crippen molar-refractivity contribution in [1.29, 1.82) is 0 Å². The van der Waals surface area contributed by atoms with Crippen LogP contribution in [0, 0.1) is 0 Å². The molecule has 64 heavy (non-hydrogen) atoms. The second kappa shape index (κ2) is 19.3. The Kier molecular flexibility index (Phi) is 13.0. The molecule has 5 aromatic rings. The standard InChI is InChI=1S/C48H50O16/c1-49-39-15-29(16-40(50-2)45(39)53-5)43(31-19-35-37(63-25-61-35)21-33(31)47-55-11-12-56-47)59-23-27-7-9-28(10-8-27)24-60-44(30-17-41(51-3)46(54-6)42(18-30)52-4)32-20-36-38(64-26-62-36)22-34(32)48-57-13-14-58-48/h7-10,15-22,43-44,47-48H,11-14,23-26H2,1-6H3. The Bertz CT molecular complexity index is 2210. The molecule has 0 radical (unpaired) electrons. The van der Waals surface area contributed by atoms with Crippen LogP contribution in [0.5, 0.6) is 57.5 Å². The lowest BCUT2D eigenvalue weighted by molar-refractivity contribution is -0.0470. The third-order valence-corrected chi connectivity index (χ3v) is 11.3. The van der Waals surface area contributed by atoms with Gasteiger partial charge in [-0.1, -0.05) is 24.3 Å². The first-order valence-electron chi connectivity index (χ1n) is 20.7. The van der Waals surface area contributed by atoms with Crippen LogP contribution < -0.4 is 47.4 Å². The van der Waals surface area contributed by atoms with Crippen molar-refractivity contribution < 1.29 is 75.8 Å². The summed E-state index contributed by atoms with van der Waals surface area (Å²) in [4.78, 5) is 0. The van der Waals surface area contributed by atoms with Crippen molar-refractivity contribution in [2.45, 2.75) is 38.0 Å².